The smallest absolute Gasteiger partial charge is 0.139 e. The number of unbranched alkanes of at least 4 members (excludes halogenated alkanes) is 5. The number of ether oxygens (including phenoxy) is 1. The average molecular weight is 222 g/mol. The number of nitrogens with zero attached hydrogens (tertiary/aromatic N) is 1. The third kappa shape index (κ3) is 5.59. The van der Waals surface area contributed by atoms with Crippen molar-refractivity contribution in [2.75, 3.05) is 12.3 Å². The Morgan fingerprint density at radius 1 is 1.12 bits per heavy atom. The number of pyridine rings is 1. The quantitative estimate of drug-likeness (QED) is 0.686. The SMILES string of the molecule is CCCCCCCCOc1cncc(N)c1. The highest BCUT2D eigenvalue weighted by molar-refractivity contribution is 5.39. The molecule has 3 nitrogen and oxygen atoms in total. The van der Waals surface area contributed by atoms with Gasteiger partial charge in [-0.15, -0.1) is 0 Å². The van der Waals surface area contributed by atoms with Gasteiger partial charge in [-0.25, -0.2) is 0 Å². The van der Waals surface area contributed by atoms with E-state index < -0.39 is 0 Å². The Bertz CT molecular complexity index is 289. The molecule has 0 saturated carbocycles. The normalized spacial score (nSPS) is 10.3. The molecule has 0 aliphatic carbocycles. The Balaban J connectivity index is 2.03. The maximum absolute atomic E-state index is 5.60. The lowest BCUT2D eigenvalue weighted by atomic mass is 10.1. The molecule has 1 aromatic rings. The molecular formula is C13H22N2O. The van der Waals surface area contributed by atoms with Crippen molar-refractivity contribution in [2.45, 2.75) is 45.4 Å². The molecule has 0 fully saturated rings. The number of hydrogen-bond donors (Lipinski definition) is 1. The maximum Gasteiger partial charge on any atom is 0.139 e. The van der Waals surface area contributed by atoms with Crippen LogP contribution in [0.2, 0.25) is 0 Å². The van der Waals surface area contributed by atoms with Crippen molar-refractivity contribution in [2.24, 2.45) is 0 Å². The number of aromatic nitrogens is 1. The van der Waals surface area contributed by atoms with Crippen LogP contribution in [0.3, 0.4) is 0 Å². The van der Waals surface area contributed by atoms with Crippen LogP contribution < -0.4 is 10.5 Å². The Morgan fingerprint density at radius 3 is 2.62 bits per heavy atom. The van der Waals surface area contributed by atoms with Gasteiger partial charge in [0.05, 0.1) is 24.7 Å². The summed E-state index contributed by atoms with van der Waals surface area (Å²) in [4.78, 5) is 3.97. The van der Waals surface area contributed by atoms with Crippen molar-refractivity contribution < 1.29 is 4.74 Å². The van der Waals surface area contributed by atoms with Crippen LogP contribution in [0.25, 0.3) is 0 Å². The first-order chi connectivity index (χ1) is 7.83. The molecule has 1 aromatic heterocycles. The predicted molar refractivity (Wildman–Crippen MR) is 67.5 cm³/mol. The van der Waals surface area contributed by atoms with Crippen LogP contribution in [0.4, 0.5) is 5.69 Å². The molecule has 2 N–H and O–H groups in total. The van der Waals surface area contributed by atoms with Gasteiger partial charge < -0.3 is 10.5 Å². The fourth-order valence-electron chi connectivity index (χ4n) is 1.59. The topological polar surface area (TPSA) is 48.1 Å². The third-order valence-corrected chi connectivity index (χ3v) is 2.50. The van der Waals surface area contributed by atoms with Crippen LogP contribution in [-0.2, 0) is 0 Å². The van der Waals surface area contributed by atoms with Crippen LogP contribution in [0, 0.1) is 0 Å². The molecule has 1 heterocycles. The van der Waals surface area contributed by atoms with Gasteiger partial charge >= 0.3 is 0 Å². The van der Waals surface area contributed by atoms with Crippen LogP contribution in [0.15, 0.2) is 18.5 Å². The minimum Gasteiger partial charge on any atom is -0.492 e. The molecule has 0 unspecified atom stereocenters. The summed E-state index contributed by atoms with van der Waals surface area (Å²) in [5.74, 6) is 0.772. The van der Waals surface area contributed by atoms with Gasteiger partial charge in [-0.2, -0.15) is 0 Å². The summed E-state index contributed by atoms with van der Waals surface area (Å²) in [6.07, 6.45) is 11.0. The fraction of sp³-hybridized carbons (Fsp3) is 0.615. The lowest BCUT2D eigenvalue weighted by Crippen LogP contribution is -1.98. The molecule has 0 saturated heterocycles. The van der Waals surface area contributed by atoms with Gasteiger partial charge in [0.15, 0.2) is 0 Å². The largest absolute Gasteiger partial charge is 0.492 e. The number of hydrogen-bond acceptors (Lipinski definition) is 3. The van der Waals surface area contributed by atoms with E-state index >= 15 is 0 Å². The third-order valence-electron chi connectivity index (χ3n) is 2.50. The molecule has 1 rings (SSSR count). The molecule has 3 heteroatoms. The minimum absolute atomic E-state index is 0.653. The molecule has 0 spiro atoms. The molecule has 0 amide bonds. The monoisotopic (exact) mass is 222 g/mol. The Morgan fingerprint density at radius 2 is 1.88 bits per heavy atom. The highest BCUT2D eigenvalue weighted by atomic mass is 16.5. The second-order valence-corrected chi connectivity index (χ2v) is 4.07. The van der Waals surface area contributed by atoms with Gasteiger partial charge in [0.1, 0.15) is 5.75 Å². The van der Waals surface area contributed by atoms with E-state index in [2.05, 4.69) is 11.9 Å². The Hall–Kier alpha value is -1.25. The van der Waals surface area contributed by atoms with Gasteiger partial charge in [0.25, 0.3) is 0 Å². The van der Waals surface area contributed by atoms with E-state index in [-0.39, 0.29) is 0 Å². The van der Waals surface area contributed by atoms with E-state index in [0.29, 0.717) is 5.69 Å². The lowest BCUT2D eigenvalue weighted by molar-refractivity contribution is 0.303. The number of nitrogens with two attached hydrogens (primary N) is 1. The Kier molecular flexibility index (Phi) is 6.38. The summed E-state index contributed by atoms with van der Waals surface area (Å²) in [6, 6.07) is 1.81. The van der Waals surface area contributed by atoms with Gasteiger partial charge in [0, 0.05) is 6.07 Å². The first kappa shape index (κ1) is 12.8. The maximum atomic E-state index is 5.60. The van der Waals surface area contributed by atoms with Crippen LogP contribution in [-0.4, -0.2) is 11.6 Å². The highest BCUT2D eigenvalue weighted by Gasteiger charge is 1.95. The van der Waals surface area contributed by atoms with Crippen molar-refractivity contribution in [1.82, 2.24) is 4.98 Å². The summed E-state index contributed by atoms with van der Waals surface area (Å²) in [7, 11) is 0. The van der Waals surface area contributed by atoms with E-state index in [1.54, 1.807) is 12.4 Å². The van der Waals surface area contributed by atoms with Crippen LogP contribution in [0.5, 0.6) is 5.75 Å². The first-order valence-corrected chi connectivity index (χ1v) is 6.16. The van der Waals surface area contributed by atoms with Gasteiger partial charge in [-0.05, 0) is 6.42 Å². The molecule has 0 bridgehead atoms. The minimum atomic E-state index is 0.653. The highest BCUT2D eigenvalue weighted by Crippen LogP contribution is 2.13. The molecule has 16 heavy (non-hydrogen) atoms. The molecule has 90 valence electrons. The van der Waals surface area contributed by atoms with Gasteiger partial charge in [-0.3, -0.25) is 4.98 Å². The summed E-state index contributed by atoms with van der Waals surface area (Å²) < 4.78 is 5.55. The second-order valence-electron chi connectivity index (χ2n) is 4.07. The van der Waals surface area contributed by atoms with E-state index in [0.717, 1.165) is 18.8 Å². The molecule has 0 atom stereocenters. The predicted octanol–water partition coefficient (Wildman–Crippen LogP) is 3.40. The van der Waals surface area contributed by atoms with E-state index in [4.69, 9.17) is 10.5 Å². The Labute approximate surface area is 98.0 Å². The lowest BCUT2D eigenvalue weighted by Gasteiger charge is -2.05. The summed E-state index contributed by atoms with van der Waals surface area (Å²) >= 11 is 0. The van der Waals surface area contributed by atoms with Crippen molar-refractivity contribution in [3.63, 3.8) is 0 Å². The van der Waals surface area contributed by atoms with Crippen molar-refractivity contribution in [3.8, 4) is 5.75 Å². The molecule has 0 aromatic carbocycles. The van der Waals surface area contributed by atoms with Crippen LogP contribution in [0.1, 0.15) is 45.4 Å². The fourth-order valence-corrected chi connectivity index (χ4v) is 1.59. The summed E-state index contributed by atoms with van der Waals surface area (Å²) in [5.41, 5.74) is 6.25. The summed E-state index contributed by atoms with van der Waals surface area (Å²) in [5, 5.41) is 0. The van der Waals surface area contributed by atoms with Crippen LogP contribution >= 0.6 is 0 Å². The number of nitrogen functional groups attached to an aromatic ring is 1. The second kappa shape index (κ2) is 7.97. The zero-order valence-electron chi connectivity index (χ0n) is 10.1. The summed E-state index contributed by atoms with van der Waals surface area (Å²) in [6.45, 7) is 2.99. The zero-order valence-corrected chi connectivity index (χ0v) is 10.1. The van der Waals surface area contributed by atoms with E-state index in [1.165, 1.54) is 32.1 Å². The van der Waals surface area contributed by atoms with E-state index in [9.17, 15) is 0 Å². The molecule has 0 radical (unpaired) electrons. The van der Waals surface area contributed by atoms with Gasteiger partial charge in [-0.1, -0.05) is 39.0 Å². The number of anilines is 1. The first-order valence-electron chi connectivity index (χ1n) is 6.16. The standard InChI is InChI=1S/C13H22N2O/c1-2-3-4-5-6-7-8-16-13-9-12(14)10-15-11-13/h9-11H,2-8,14H2,1H3. The van der Waals surface area contributed by atoms with Gasteiger partial charge in [0.2, 0.25) is 0 Å². The van der Waals surface area contributed by atoms with Crippen molar-refractivity contribution in [3.05, 3.63) is 18.5 Å². The van der Waals surface area contributed by atoms with Crippen molar-refractivity contribution >= 4 is 5.69 Å². The average Bonchev–Trinajstić information content (AvgIpc) is 2.28. The zero-order chi connectivity index (χ0) is 11.6. The molecular weight excluding hydrogens is 200 g/mol. The van der Waals surface area contributed by atoms with Crippen molar-refractivity contribution in [1.29, 1.82) is 0 Å². The number of rotatable bonds is 8. The van der Waals surface area contributed by atoms with E-state index in [1.807, 2.05) is 6.07 Å². The molecule has 0 aliphatic heterocycles. The molecule has 0 aliphatic rings.